The largest absolute Gasteiger partial charge is 0.494 e. The standard InChI is InChI=1S/C26H40N2O6/c1-19(2)28-12-8-10-21(28)16-27-17-23(30)25(32)26(24(31)18-29)34-14-6-4-3-5-13-33-22-11-7-9-20(27)15-22/h7-12,15,19,23-26,29-32H,3-6,13-14,16-18H2,1-2H3/t23-,24-,25-,26-/m1/s1. The second-order valence-electron chi connectivity index (χ2n) is 9.28. The molecule has 1 aliphatic rings. The summed E-state index contributed by atoms with van der Waals surface area (Å²) in [5, 5.41) is 41.7. The maximum Gasteiger partial charge on any atom is 0.121 e. The van der Waals surface area contributed by atoms with E-state index in [4.69, 9.17) is 9.47 Å². The minimum absolute atomic E-state index is 0.103. The molecular weight excluding hydrogens is 436 g/mol. The predicted octanol–water partition coefficient (Wildman–Crippen LogP) is 2.49. The van der Waals surface area contributed by atoms with Gasteiger partial charge in [0.2, 0.25) is 0 Å². The molecule has 1 aliphatic heterocycles. The topological polar surface area (TPSA) is 108 Å². The van der Waals surface area contributed by atoms with Crippen molar-refractivity contribution in [3.8, 4) is 5.75 Å². The Labute approximate surface area is 202 Å². The van der Waals surface area contributed by atoms with Crippen LogP contribution in [0.5, 0.6) is 5.75 Å². The number of fused-ring (bicyclic) bond motifs is 2. The molecule has 1 aromatic heterocycles. The third kappa shape index (κ3) is 7.20. The first-order valence-electron chi connectivity index (χ1n) is 12.3. The number of benzene rings is 1. The summed E-state index contributed by atoms with van der Waals surface area (Å²) in [6.07, 6.45) is 0.650. The highest BCUT2D eigenvalue weighted by molar-refractivity contribution is 5.51. The molecule has 2 aromatic rings. The van der Waals surface area contributed by atoms with E-state index in [0.717, 1.165) is 42.8 Å². The number of aliphatic hydroxyl groups excluding tert-OH is 4. The van der Waals surface area contributed by atoms with Crippen molar-refractivity contribution in [2.75, 3.05) is 31.3 Å². The minimum atomic E-state index is -1.37. The highest BCUT2D eigenvalue weighted by Gasteiger charge is 2.34. The second kappa shape index (κ2) is 13.1. The molecular formula is C26H40N2O6. The van der Waals surface area contributed by atoms with Crippen molar-refractivity contribution in [1.29, 1.82) is 0 Å². The fourth-order valence-electron chi connectivity index (χ4n) is 4.35. The van der Waals surface area contributed by atoms with Crippen LogP contribution in [0.3, 0.4) is 0 Å². The summed E-state index contributed by atoms with van der Waals surface area (Å²) in [6.45, 7) is 5.23. The highest BCUT2D eigenvalue weighted by Crippen LogP contribution is 2.26. The molecule has 0 fully saturated rings. The van der Waals surface area contributed by atoms with Crippen LogP contribution in [0, 0.1) is 0 Å². The van der Waals surface area contributed by atoms with Crippen molar-refractivity contribution in [2.45, 2.75) is 76.5 Å². The first-order valence-corrected chi connectivity index (χ1v) is 12.3. The van der Waals surface area contributed by atoms with Crippen molar-refractivity contribution in [3.05, 3.63) is 48.3 Å². The Morgan fingerprint density at radius 2 is 1.79 bits per heavy atom. The van der Waals surface area contributed by atoms with E-state index < -0.39 is 31.0 Å². The molecule has 0 unspecified atom stereocenters. The number of β-amino-alcohol motifs (C(OH)–C–C–N with tert-alkyl or cyclic N) is 1. The van der Waals surface area contributed by atoms with E-state index in [1.807, 2.05) is 47.5 Å². The van der Waals surface area contributed by atoms with Crippen molar-refractivity contribution >= 4 is 5.69 Å². The Morgan fingerprint density at radius 3 is 2.53 bits per heavy atom. The Balaban J connectivity index is 1.90. The van der Waals surface area contributed by atoms with Crippen molar-refractivity contribution in [1.82, 2.24) is 4.57 Å². The van der Waals surface area contributed by atoms with Gasteiger partial charge in [0.05, 0.1) is 25.9 Å². The number of hydrogen-bond donors (Lipinski definition) is 4. The van der Waals surface area contributed by atoms with Crippen LogP contribution in [-0.2, 0) is 11.3 Å². The molecule has 0 amide bonds. The number of ether oxygens (including phenoxy) is 2. The quantitative estimate of drug-likeness (QED) is 0.525. The molecule has 0 spiro atoms. The zero-order chi connectivity index (χ0) is 24.5. The molecule has 3 rings (SSSR count). The van der Waals surface area contributed by atoms with Crippen LogP contribution in [0.25, 0.3) is 0 Å². The molecule has 4 atom stereocenters. The summed E-state index contributed by atoms with van der Waals surface area (Å²) < 4.78 is 13.9. The van der Waals surface area contributed by atoms with Crippen molar-refractivity contribution < 1.29 is 29.9 Å². The Morgan fingerprint density at radius 1 is 1.03 bits per heavy atom. The minimum Gasteiger partial charge on any atom is -0.494 e. The summed E-state index contributed by atoms with van der Waals surface area (Å²) in [4.78, 5) is 1.99. The van der Waals surface area contributed by atoms with Crippen molar-refractivity contribution in [2.24, 2.45) is 0 Å². The summed E-state index contributed by atoms with van der Waals surface area (Å²) in [5.41, 5.74) is 1.92. The molecule has 0 radical (unpaired) electrons. The Hall–Kier alpha value is -2.10. The Kier molecular flexibility index (Phi) is 10.2. The molecule has 1 aromatic carbocycles. The first kappa shape index (κ1) is 26.5. The van der Waals surface area contributed by atoms with Gasteiger partial charge in [0.15, 0.2) is 0 Å². The number of rotatable bonds is 5. The lowest BCUT2D eigenvalue weighted by Gasteiger charge is -2.34. The average Bonchev–Trinajstić information content (AvgIpc) is 3.30. The van der Waals surface area contributed by atoms with Gasteiger partial charge in [0.25, 0.3) is 0 Å². The Bertz CT molecular complexity index is 857. The van der Waals surface area contributed by atoms with E-state index in [2.05, 4.69) is 18.4 Å². The van der Waals surface area contributed by atoms with Crippen LogP contribution < -0.4 is 9.64 Å². The number of aliphatic hydroxyl groups is 4. The molecule has 190 valence electrons. The molecule has 0 aliphatic carbocycles. The number of hydrogen-bond acceptors (Lipinski definition) is 7. The molecule has 0 saturated heterocycles. The summed E-state index contributed by atoms with van der Waals surface area (Å²) in [7, 11) is 0. The van der Waals surface area contributed by atoms with Gasteiger partial charge in [0.1, 0.15) is 24.1 Å². The normalized spacial score (nSPS) is 24.1. The van der Waals surface area contributed by atoms with Crippen LogP contribution in [-0.4, -0.2) is 75.8 Å². The molecule has 34 heavy (non-hydrogen) atoms. The SMILES string of the molecule is CC(C)n1cccc1CN1C[C@@H](O)[C@@H](O)[C@@H]([C@H](O)CO)OCCCCCCOc2cccc1c2. The summed E-state index contributed by atoms with van der Waals surface area (Å²) in [5.74, 6) is 0.765. The third-order valence-corrected chi connectivity index (χ3v) is 6.28. The maximum atomic E-state index is 11.0. The number of nitrogens with zero attached hydrogens (tertiary/aromatic N) is 2. The van der Waals surface area contributed by atoms with Gasteiger partial charge in [-0.2, -0.15) is 0 Å². The van der Waals surface area contributed by atoms with E-state index in [9.17, 15) is 20.4 Å². The molecule has 4 N–H and O–H groups in total. The van der Waals surface area contributed by atoms with Gasteiger partial charge in [0, 0.05) is 42.8 Å². The van der Waals surface area contributed by atoms with Gasteiger partial charge in [-0.25, -0.2) is 0 Å². The first-order chi connectivity index (χ1) is 16.4. The van der Waals surface area contributed by atoms with E-state index in [1.54, 1.807) is 0 Å². The fraction of sp³-hybridized carbons (Fsp3) is 0.615. The van der Waals surface area contributed by atoms with Crippen LogP contribution >= 0.6 is 0 Å². The van der Waals surface area contributed by atoms with Gasteiger partial charge in [-0.1, -0.05) is 12.5 Å². The maximum absolute atomic E-state index is 11.0. The number of aromatic nitrogens is 1. The van der Waals surface area contributed by atoms with Gasteiger partial charge in [-0.3, -0.25) is 0 Å². The lowest BCUT2D eigenvalue weighted by molar-refractivity contribution is -0.141. The van der Waals surface area contributed by atoms with Gasteiger partial charge in [-0.15, -0.1) is 0 Å². The van der Waals surface area contributed by atoms with Gasteiger partial charge < -0.3 is 39.4 Å². The average molecular weight is 477 g/mol. The van der Waals surface area contributed by atoms with Crippen LogP contribution in [0.2, 0.25) is 0 Å². The molecule has 2 bridgehead atoms. The van der Waals surface area contributed by atoms with Crippen LogP contribution in [0.15, 0.2) is 42.6 Å². The summed E-state index contributed by atoms with van der Waals surface area (Å²) >= 11 is 0. The predicted molar refractivity (Wildman–Crippen MR) is 131 cm³/mol. The zero-order valence-corrected chi connectivity index (χ0v) is 20.3. The zero-order valence-electron chi connectivity index (χ0n) is 20.3. The monoisotopic (exact) mass is 476 g/mol. The molecule has 8 nitrogen and oxygen atoms in total. The van der Waals surface area contributed by atoms with Crippen LogP contribution in [0.1, 0.15) is 51.3 Å². The van der Waals surface area contributed by atoms with Gasteiger partial charge >= 0.3 is 0 Å². The smallest absolute Gasteiger partial charge is 0.121 e. The lowest BCUT2D eigenvalue weighted by atomic mass is 10.0. The summed E-state index contributed by atoms with van der Waals surface area (Å²) in [6, 6.07) is 12.1. The van der Waals surface area contributed by atoms with Crippen LogP contribution in [0.4, 0.5) is 5.69 Å². The number of anilines is 1. The van der Waals surface area contributed by atoms with E-state index >= 15 is 0 Å². The lowest BCUT2D eigenvalue weighted by Crippen LogP contribution is -2.51. The fourth-order valence-corrected chi connectivity index (χ4v) is 4.35. The molecule has 0 saturated carbocycles. The molecule has 8 heteroatoms. The van der Waals surface area contributed by atoms with Gasteiger partial charge in [-0.05, 0) is 57.4 Å². The van der Waals surface area contributed by atoms with E-state index in [0.29, 0.717) is 19.8 Å². The van der Waals surface area contributed by atoms with E-state index in [-0.39, 0.29) is 12.6 Å². The second-order valence-corrected chi connectivity index (χ2v) is 9.28. The third-order valence-electron chi connectivity index (χ3n) is 6.28. The van der Waals surface area contributed by atoms with E-state index in [1.165, 1.54) is 0 Å². The highest BCUT2D eigenvalue weighted by atomic mass is 16.5. The van der Waals surface area contributed by atoms with Crippen molar-refractivity contribution in [3.63, 3.8) is 0 Å². The molecule has 2 heterocycles.